The largest absolute Gasteiger partial charge is 0.376 e. The molecule has 1 aliphatic carbocycles. The standard InChI is InChI=1S/C48H31F2N5/c1-48-38(11-5-21-52-48)17-14-31-16-19-42(55-47(31)48)33-7-2-6-32(22-33)36-26-43(53-44(27-36)37-24-39(49)28-40(50)25-37)35-9-3-8-34(23-35)41-18-15-30-13-12-29-10-4-20-51-45(29)46(30)54-41/h2-28,52H,1H3. The summed E-state index contributed by atoms with van der Waals surface area (Å²) in [6, 6.07) is 39.9. The lowest BCUT2D eigenvalue weighted by Gasteiger charge is -2.36. The van der Waals surface area contributed by atoms with Gasteiger partial charge >= 0.3 is 0 Å². The van der Waals surface area contributed by atoms with E-state index in [4.69, 9.17) is 15.0 Å². The van der Waals surface area contributed by atoms with Crippen molar-refractivity contribution in [2.24, 2.45) is 0 Å². The van der Waals surface area contributed by atoms with Crippen molar-refractivity contribution in [2.75, 3.05) is 0 Å². The first-order valence-corrected chi connectivity index (χ1v) is 18.1. The summed E-state index contributed by atoms with van der Waals surface area (Å²) in [7, 11) is 0. The second-order valence-corrected chi connectivity index (χ2v) is 14.1. The Kier molecular flexibility index (Phi) is 7.56. The number of benzene rings is 4. The number of dihydropyridines is 1. The molecule has 5 heterocycles. The van der Waals surface area contributed by atoms with Crippen molar-refractivity contribution in [2.45, 2.75) is 12.5 Å². The summed E-state index contributed by atoms with van der Waals surface area (Å²) in [5, 5.41) is 5.56. The van der Waals surface area contributed by atoms with Crippen molar-refractivity contribution in [3.05, 3.63) is 186 Å². The van der Waals surface area contributed by atoms with E-state index in [0.717, 1.165) is 83.9 Å². The lowest BCUT2D eigenvalue weighted by molar-refractivity contribution is 0.482. The smallest absolute Gasteiger partial charge is 0.126 e. The van der Waals surface area contributed by atoms with Crippen LogP contribution >= 0.6 is 0 Å². The Bertz CT molecular complexity index is 2950. The van der Waals surface area contributed by atoms with E-state index in [9.17, 15) is 8.78 Å². The normalized spacial score (nSPS) is 15.7. The molecule has 0 radical (unpaired) electrons. The number of fused-ring (bicyclic) bond motifs is 6. The van der Waals surface area contributed by atoms with Crippen molar-refractivity contribution in [1.82, 2.24) is 25.3 Å². The van der Waals surface area contributed by atoms with Gasteiger partial charge in [0.05, 0.1) is 39.5 Å². The minimum Gasteiger partial charge on any atom is -0.376 e. The van der Waals surface area contributed by atoms with Crippen molar-refractivity contribution >= 4 is 27.9 Å². The lowest BCUT2D eigenvalue weighted by Crippen LogP contribution is -2.41. The first kappa shape index (κ1) is 32.5. The van der Waals surface area contributed by atoms with Crippen LogP contribution < -0.4 is 5.32 Å². The molecule has 0 saturated heterocycles. The maximum absolute atomic E-state index is 14.6. The fraction of sp³-hybridized carbons (Fsp3) is 0.0417. The minimum atomic E-state index is -0.667. The van der Waals surface area contributed by atoms with E-state index in [-0.39, 0.29) is 0 Å². The molecule has 8 aromatic rings. The van der Waals surface area contributed by atoms with Crippen LogP contribution in [-0.2, 0) is 5.54 Å². The quantitative estimate of drug-likeness (QED) is 0.180. The zero-order valence-electron chi connectivity index (χ0n) is 29.6. The van der Waals surface area contributed by atoms with Gasteiger partial charge in [-0.2, -0.15) is 0 Å². The van der Waals surface area contributed by atoms with Crippen LogP contribution in [0.4, 0.5) is 8.78 Å². The highest BCUT2D eigenvalue weighted by Gasteiger charge is 2.35. The fourth-order valence-electron chi connectivity index (χ4n) is 7.66. The number of nitrogens with zero attached hydrogens (tertiary/aromatic N) is 4. The molecule has 262 valence electrons. The van der Waals surface area contributed by atoms with E-state index in [1.807, 2.05) is 85.1 Å². The van der Waals surface area contributed by atoms with Gasteiger partial charge in [-0.15, -0.1) is 0 Å². The summed E-state index contributed by atoms with van der Waals surface area (Å²) in [5.41, 5.74) is 11.9. The second-order valence-electron chi connectivity index (χ2n) is 14.1. The highest BCUT2D eigenvalue weighted by Crippen LogP contribution is 2.40. The zero-order chi connectivity index (χ0) is 37.1. The van der Waals surface area contributed by atoms with Crippen molar-refractivity contribution < 1.29 is 8.78 Å². The van der Waals surface area contributed by atoms with Gasteiger partial charge in [-0.25, -0.2) is 23.7 Å². The van der Waals surface area contributed by atoms with Gasteiger partial charge < -0.3 is 5.32 Å². The highest BCUT2D eigenvalue weighted by molar-refractivity contribution is 6.03. The van der Waals surface area contributed by atoms with Crippen LogP contribution in [0, 0.1) is 11.6 Å². The number of allylic oxidation sites excluding steroid dienone is 2. The van der Waals surface area contributed by atoms with Gasteiger partial charge in [-0.05, 0) is 96.1 Å². The molecule has 0 amide bonds. The Labute approximate surface area is 316 Å². The number of rotatable bonds is 5. The monoisotopic (exact) mass is 715 g/mol. The number of nitrogens with one attached hydrogen (secondary N) is 1. The average molecular weight is 716 g/mol. The molecule has 1 N–H and O–H groups in total. The summed E-state index contributed by atoms with van der Waals surface area (Å²) < 4.78 is 29.2. The van der Waals surface area contributed by atoms with Crippen LogP contribution in [0.1, 0.15) is 18.2 Å². The Balaban J connectivity index is 1.08. The van der Waals surface area contributed by atoms with Crippen molar-refractivity contribution in [1.29, 1.82) is 0 Å². The third-order valence-corrected chi connectivity index (χ3v) is 10.5. The van der Waals surface area contributed by atoms with Gasteiger partial charge in [0.15, 0.2) is 0 Å². The Hall–Kier alpha value is -7.12. The first-order valence-electron chi connectivity index (χ1n) is 18.1. The number of pyridine rings is 4. The van der Waals surface area contributed by atoms with E-state index in [2.05, 4.69) is 71.9 Å². The van der Waals surface area contributed by atoms with Crippen LogP contribution in [-0.4, -0.2) is 19.9 Å². The molecule has 0 saturated carbocycles. The Morgan fingerprint density at radius 3 is 1.98 bits per heavy atom. The molecule has 1 atom stereocenters. The number of hydrogen-bond donors (Lipinski definition) is 1. The van der Waals surface area contributed by atoms with Crippen molar-refractivity contribution in [3.8, 4) is 56.2 Å². The minimum absolute atomic E-state index is 0.346. The van der Waals surface area contributed by atoms with Crippen LogP contribution in [0.3, 0.4) is 0 Å². The van der Waals surface area contributed by atoms with Gasteiger partial charge in [-0.1, -0.05) is 85.0 Å². The lowest BCUT2D eigenvalue weighted by atomic mass is 9.79. The number of hydrogen-bond acceptors (Lipinski definition) is 5. The van der Waals surface area contributed by atoms with Crippen LogP contribution in [0.5, 0.6) is 0 Å². The summed E-state index contributed by atoms with van der Waals surface area (Å²) in [6.45, 7) is 2.15. The summed E-state index contributed by atoms with van der Waals surface area (Å²) in [5.74, 6) is -1.33. The summed E-state index contributed by atoms with van der Waals surface area (Å²) in [4.78, 5) is 19.9. The number of halogens is 2. The highest BCUT2D eigenvalue weighted by atomic mass is 19.1. The van der Waals surface area contributed by atoms with Gasteiger partial charge in [0, 0.05) is 45.3 Å². The van der Waals surface area contributed by atoms with Gasteiger partial charge in [-0.3, -0.25) is 4.98 Å². The van der Waals surface area contributed by atoms with E-state index in [0.29, 0.717) is 17.0 Å². The van der Waals surface area contributed by atoms with Crippen LogP contribution in [0.25, 0.3) is 84.0 Å². The Morgan fingerprint density at radius 2 is 1.18 bits per heavy atom. The maximum atomic E-state index is 14.6. The van der Waals surface area contributed by atoms with Crippen LogP contribution in [0.15, 0.2) is 164 Å². The maximum Gasteiger partial charge on any atom is 0.126 e. The predicted molar refractivity (Wildman–Crippen MR) is 216 cm³/mol. The van der Waals surface area contributed by atoms with E-state index >= 15 is 0 Å². The molecule has 4 aromatic carbocycles. The van der Waals surface area contributed by atoms with Gasteiger partial charge in [0.25, 0.3) is 0 Å². The molecule has 0 spiro atoms. The number of aromatic nitrogens is 4. The molecule has 1 unspecified atom stereocenters. The molecule has 55 heavy (non-hydrogen) atoms. The molecular weight excluding hydrogens is 685 g/mol. The molecule has 5 nitrogen and oxygen atoms in total. The molecule has 0 fully saturated rings. The van der Waals surface area contributed by atoms with Gasteiger partial charge in [0.1, 0.15) is 17.2 Å². The summed E-state index contributed by atoms with van der Waals surface area (Å²) >= 11 is 0. The molecular formula is C48H31F2N5. The van der Waals surface area contributed by atoms with Crippen molar-refractivity contribution in [3.63, 3.8) is 0 Å². The molecule has 7 heteroatoms. The fourth-order valence-corrected chi connectivity index (χ4v) is 7.66. The predicted octanol–water partition coefficient (Wildman–Crippen LogP) is 11.5. The molecule has 2 aliphatic rings. The van der Waals surface area contributed by atoms with Gasteiger partial charge in [0.2, 0.25) is 0 Å². The first-order chi connectivity index (χ1) is 26.9. The van der Waals surface area contributed by atoms with E-state index in [1.165, 1.54) is 12.1 Å². The molecule has 4 aromatic heterocycles. The summed E-state index contributed by atoms with van der Waals surface area (Å²) in [6.07, 6.45) is 12.1. The molecule has 0 bridgehead atoms. The molecule has 10 rings (SSSR count). The Morgan fingerprint density at radius 1 is 0.527 bits per heavy atom. The van der Waals surface area contributed by atoms with E-state index < -0.39 is 17.2 Å². The average Bonchev–Trinajstić information content (AvgIpc) is 3.22. The third-order valence-electron chi connectivity index (χ3n) is 10.5. The third kappa shape index (κ3) is 5.77. The SMILES string of the molecule is CC12NC=CC=C1C=Cc1ccc(-c3cccc(-c4cc(-c5cc(F)cc(F)c5)nc(-c5cccc(-c6ccc7ccc8cccnc8c7n6)c5)c4)c3)nc12. The second kappa shape index (κ2) is 12.8. The van der Waals surface area contributed by atoms with Crippen LogP contribution in [0.2, 0.25) is 0 Å². The zero-order valence-corrected chi connectivity index (χ0v) is 29.6. The van der Waals surface area contributed by atoms with E-state index in [1.54, 1.807) is 6.20 Å². The molecule has 1 aliphatic heterocycles. The topological polar surface area (TPSA) is 63.6 Å².